The lowest BCUT2D eigenvalue weighted by Crippen LogP contribution is -2.22. The first-order valence-corrected chi connectivity index (χ1v) is 4.61. The van der Waals surface area contributed by atoms with E-state index in [0.29, 0.717) is 17.3 Å². The summed E-state index contributed by atoms with van der Waals surface area (Å²) in [6, 6.07) is 0. The second-order valence-electron chi connectivity index (χ2n) is 2.46. The van der Waals surface area contributed by atoms with Gasteiger partial charge >= 0.3 is 0 Å². The average Bonchev–Trinajstić information content (AvgIpc) is 2.07. The van der Waals surface area contributed by atoms with Gasteiger partial charge in [-0.1, -0.05) is 32.7 Å². The Labute approximate surface area is 84.0 Å². The minimum atomic E-state index is 0.108. The quantitative estimate of drug-likeness (QED) is 0.766. The van der Waals surface area contributed by atoms with Crippen molar-refractivity contribution < 1.29 is 0 Å². The van der Waals surface area contributed by atoms with E-state index in [9.17, 15) is 4.91 Å². The van der Waals surface area contributed by atoms with Crippen LogP contribution in [0.1, 0.15) is 6.92 Å². The Balaban J connectivity index is 2.94. The van der Waals surface area contributed by atoms with E-state index < -0.39 is 0 Å². The van der Waals surface area contributed by atoms with Crippen molar-refractivity contribution in [3.8, 4) is 0 Å². The first-order chi connectivity index (χ1) is 5.66. The molecule has 0 aromatic heterocycles. The maximum Gasteiger partial charge on any atom is 0.122 e. The van der Waals surface area contributed by atoms with Crippen molar-refractivity contribution in [1.82, 2.24) is 5.32 Å². The molecule has 0 bridgehead atoms. The smallest absolute Gasteiger partial charge is 0.122 e. The van der Waals surface area contributed by atoms with E-state index in [0.717, 1.165) is 10.1 Å². The van der Waals surface area contributed by atoms with Gasteiger partial charge in [0.2, 0.25) is 0 Å². The predicted octanol–water partition coefficient (Wildman–Crippen LogP) is 2.48. The molecule has 3 nitrogen and oxygen atoms in total. The summed E-state index contributed by atoms with van der Waals surface area (Å²) in [5.74, 6) is 0. The average molecular weight is 252 g/mol. The van der Waals surface area contributed by atoms with Gasteiger partial charge < -0.3 is 5.32 Å². The summed E-state index contributed by atoms with van der Waals surface area (Å²) < 4.78 is 1.02. The predicted molar refractivity (Wildman–Crippen MR) is 53.2 cm³/mol. The van der Waals surface area contributed by atoms with E-state index in [1.54, 1.807) is 0 Å². The Bertz CT molecular complexity index is 273. The molecule has 1 aliphatic rings. The fourth-order valence-corrected chi connectivity index (χ4v) is 1.62. The summed E-state index contributed by atoms with van der Waals surface area (Å²) in [6.07, 6.45) is 0. The zero-order valence-corrected chi connectivity index (χ0v) is 8.87. The highest BCUT2D eigenvalue weighted by molar-refractivity contribution is 9.11. The van der Waals surface area contributed by atoms with Gasteiger partial charge in [-0.05, 0) is 12.5 Å². The van der Waals surface area contributed by atoms with Gasteiger partial charge in [-0.25, -0.2) is 0 Å². The standard InChI is InChI=1S/C7H8BrClN2O/c1-4-5(8)2-10-6(3-11-12)7(4)9/h10H,2-3H2,1H3. The van der Waals surface area contributed by atoms with Gasteiger partial charge in [0, 0.05) is 11.0 Å². The van der Waals surface area contributed by atoms with Gasteiger partial charge in [-0.15, -0.1) is 0 Å². The maximum atomic E-state index is 10.00. The van der Waals surface area contributed by atoms with Crippen molar-refractivity contribution in [3.63, 3.8) is 0 Å². The Morgan fingerprint density at radius 1 is 1.75 bits per heavy atom. The molecule has 0 radical (unpaired) electrons. The normalized spacial score (nSPS) is 17.9. The summed E-state index contributed by atoms with van der Waals surface area (Å²) in [5, 5.41) is 6.37. The molecule has 12 heavy (non-hydrogen) atoms. The minimum Gasteiger partial charge on any atom is -0.381 e. The van der Waals surface area contributed by atoms with Crippen molar-refractivity contribution in [2.45, 2.75) is 6.92 Å². The number of halogens is 2. The van der Waals surface area contributed by atoms with E-state index in [1.165, 1.54) is 0 Å². The lowest BCUT2D eigenvalue weighted by atomic mass is 10.2. The van der Waals surface area contributed by atoms with E-state index in [4.69, 9.17) is 11.6 Å². The van der Waals surface area contributed by atoms with Crippen LogP contribution >= 0.6 is 27.5 Å². The highest BCUT2D eigenvalue weighted by Gasteiger charge is 2.14. The van der Waals surface area contributed by atoms with Crippen LogP contribution in [0.25, 0.3) is 0 Å². The van der Waals surface area contributed by atoms with Crippen LogP contribution in [-0.2, 0) is 0 Å². The minimum absolute atomic E-state index is 0.108. The van der Waals surface area contributed by atoms with Crippen molar-refractivity contribution in [3.05, 3.63) is 25.7 Å². The SMILES string of the molecule is CC1=C(Br)CNC(CN=O)=C1Cl. The second-order valence-corrected chi connectivity index (χ2v) is 3.80. The highest BCUT2D eigenvalue weighted by Crippen LogP contribution is 2.27. The molecule has 5 heteroatoms. The van der Waals surface area contributed by atoms with Crippen molar-refractivity contribution in [2.24, 2.45) is 5.18 Å². The van der Waals surface area contributed by atoms with Crippen LogP contribution in [0.5, 0.6) is 0 Å². The van der Waals surface area contributed by atoms with Crippen LogP contribution in [0, 0.1) is 4.91 Å². The van der Waals surface area contributed by atoms with Crippen LogP contribution in [-0.4, -0.2) is 13.1 Å². The van der Waals surface area contributed by atoms with Crippen LogP contribution in [0.15, 0.2) is 26.0 Å². The van der Waals surface area contributed by atoms with Gasteiger partial charge in [-0.2, -0.15) is 4.91 Å². The maximum absolute atomic E-state index is 10.00. The summed E-state index contributed by atoms with van der Waals surface area (Å²) in [7, 11) is 0. The molecule has 1 heterocycles. The summed E-state index contributed by atoms with van der Waals surface area (Å²) in [5.41, 5.74) is 1.67. The lowest BCUT2D eigenvalue weighted by Gasteiger charge is -2.18. The molecule has 0 saturated carbocycles. The van der Waals surface area contributed by atoms with Gasteiger partial charge in [0.05, 0.1) is 10.7 Å². The Morgan fingerprint density at radius 2 is 2.42 bits per heavy atom. The van der Waals surface area contributed by atoms with Gasteiger partial charge in [0.25, 0.3) is 0 Å². The zero-order chi connectivity index (χ0) is 9.14. The number of rotatable bonds is 2. The molecule has 1 N–H and O–H groups in total. The third-order valence-corrected chi connectivity index (χ3v) is 3.07. The molecular formula is C7H8BrClN2O. The molecule has 66 valence electrons. The number of hydrogen-bond acceptors (Lipinski definition) is 3. The first kappa shape index (κ1) is 9.74. The molecule has 0 spiro atoms. The Hall–Kier alpha value is -0.350. The van der Waals surface area contributed by atoms with E-state index in [-0.39, 0.29) is 6.54 Å². The number of hydrogen-bond donors (Lipinski definition) is 1. The molecule has 0 aromatic rings. The summed E-state index contributed by atoms with van der Waals surface area (Å²) in [6.45, 7) is 2.68. The van der Waals surface area contributed by atoms with Gasteiger partial charge in [-0.3, -0.25) is 0 Å². The number of nitroso groups, excluding NO2 is 1. The largest absolute Gasteiger partial charge is 0.381 e. The van der Waals surface area contributed by atoms with Crippen LogP contribution in [0.4, 0.5) is 0 Å². The molecule has 1 rings (SSSR count). The van der Waals surface area contributed by atoms with Crippen molar-refractivity contribution in [2.75, 3.05) is 13.1 Å². The molecule has 0 aromatic carbocycles. The van der Waals surface area contributed by atoms with Gasteiger partial charge in [0.1, 0.15) is 6.54 Å². The number of nitrogens with one attached hydrogen (secondary N) is 1. The topological polar surface area (TPSA) is 41.5 Å². The Kier molecular flexibility index (Phi) is 3.29. The van der Waals surface area contributed by atoms with E-state index >= 15 is 0 Å². The highest BCUT2D eigenvalue weighted by atomic mass is 79.9. The van der Waals surface area contributed by atoms with Crippen LogP contribution in [0.2, 0.25) is 0 Å². The second kappa shape index (κ2) is 4.05. The van der Waals surface area contributed by atoms with Crippen LogP contribution in [0.3, 0.4) is 0 Å². The van der Waals surface area contributed by atoms with Crippen molar-refractivity contribution in [1.29, 1.82) is 0 Å². The zero-order valence-electron chi connectivity index (χ0n) is 6.53. The molecule has 0 saturated heterocycles. The summed E-state index contributed by atoms with van der Waals surface area (Å²) in [4.78, 5) is 10.00. The van der Waals surface area contributed by atoms with Crippen molar-refractivity contribution >= 4 is 27.5 Å². The molecule has 0 atom stereocenters. The van der Waals surface area contributed by atoms with Crippen LogP contribution < -0.4 is 5.32 Å². The third kappa shape index (κ3) is 1.87. The van der Waals surface area contributed by atoms with Gasteiger partial charge in [0.15, 0.2) is 0 Å². The molecular weight excluding hydrogens is 243 g/mol. The third-order valence-electron chi connectivity index (χ3n) is 1.68. The number of nitrogens with zero attached hydrogens (tertiary/aromatic N) is 1. The van der Waals surface area contributed by atoms with E-state index in [2.05, 4.69) is 26.4 Å². The molecule has 0 unspecified atom stereocenters. The molecule has 0 amide bonds. The summed E-state index contributed by atoms with van der Waals surface area (Å²) >= 11 is 9.30. The Morgan fingerprint density at radius 3 is 3.00 bits per heavy atom. The van der Waals surface area contributed by atoms with E-state index in [1.807, 2.05) is 6.92 Å². The molecule has 0 fully saturated rings. The first-order valence-electron chi connectivity index (χ1n) is 3.44. The molecule has 1 aliphatic heterocycles. The fourth-order valence-electron chi connectivity index (χ4n) is 0.930. The lowest BCUT2D eigenvalue weighted by molar-refractivity contribution is 0.830. The number of dihydropyridines is 1. The number of allylic oxidation sites excluding steroid dienone is 2. The fraction of sp³-hybridized carbons (Fsp3) is 0.429. The molecule has 0 aliphatic carbocycles. The monoisotopic (exact) mass is 250 g/mol.